The van der Waals surface area contributed by atoms with Crippen molar-refractivity contribution in [2.24, 2.45) is 0 Å². The van der Waals surface area contributed by atoms with E-state index in [-0.39, 0.29) is 5.91 Å². The first-order valence-corrected chi connectivity index (χ1v) is 12.4. The van der Waals surface area contributed by atoms with Crippen LogP contribution in [-0.4, -0.2) is 26.6 Å². The van der Waals surface area contributed by atoms with Crippen LogP contribution < -0.4 is 9.62 Å². The van der Waals surface area contributed by atoms with E-state index in [9.17, 15) is 13.2 Å². The molecule has 0 radical (unpaired) electrons. The van der Waals surface area contributed by atoms with Gasteiger partial charge in [-0.1, -0.05) is 72.3 Å². The fourth-order valence-corrected chi connectivity index (χ4v) is 4.99. The Balaban J connectivity index is 1.98. The fourth-order valence-electron chi connectivity index (χ4n) is 3.76. The molecule has 0 saturated carbocycles. The average molecular weight is 451 g/mol. The average Bonchev–Trinajstić information content (AvgIpc) is 2.75. The van der Waals surface area contributed by atoms with Crippen molar-refractivity contribution in [3.8, 4) is 0 Å². The number of carbonyl (C=O) groups excluding carboxylic acids is 1. The number of amides is 1. The van der Waals surface area contributed by atoms with Crippen LogP contribution in [0.4, 0.5) is 5.69 Å². The molecule has 5 nitrogen and oxygen atoms in total. The van der Waals surface area contributed by atoms with Crippen LogP contribution in [0.1, 0.15) is 40.8 Å². The number of hydrogen-bond acceptors (Lipinski definition) is 3. The molecule has 0 bridgehead atoms. The predicted octanol–water partition coefficient (Wildman–Crippen LogP) is 4.67. The summed E-state index contributed by atoms with van der Waals surface area (Å²) in [7, 11) is -3.70. The number of sulfonamides is 1. The molecule has 0 aliphatic rings. The minimum atomic E-state index is -3.70. The van der Waals surface area contributed by atoms with E-state index in [0.29, 0.717) is 5.69 Å². The Kier molecular flexibility index (Phi) is 7.04. The molecule has 0 spiro atoms. The first-order valence-electron chi connectivity index (χ1n) is 10.6. The maximum absolute atomic E-state index is 13.4. The van der Waals surface area contributed by atoms with Gasteiger partial charge >= 0.3 is 0 Å². The number of hydrogen-bond donors (Lipinski definition) is 1. The molecule has 0 heterocycles. The van der Waals surface area contributed by atoms with Crippen LogP contribution in [0.2, 0.25) is 0 Å². The van der Waals surface area contributed by atoms with Crippen LogP contribution in [0.15, 0.2) is 72.8 Å². The van der Waals surface area contributed by atoms with E-state index < -0.39 is 22.1 Å². The predicted molar refractivity (Wildman–Crippen MR) is 130 cm³/mol. The quantitative estimate of drug-likeness (QED) is 0.569. The van der Waals surface area contributed by atoms with E-state index in [2.05, 4.69) is 5.32 Å². The van der Waals surface area contributed by atoms with E-state index in [0.717, 1.165) is 34.1 Å². The molecule has 0 saturated heterocycles. The van der Waals surface area contributed by atoms with Crippen LogP contribution in [0.3, 0.4) is 0 Å². The normalized spacial score (nSPS) is 13.3. The number of carbonyl (C=O) groups is 1. The molecule has 3 rings (SSSR count). The molecule has 0 unspecified atom stereocenters. The Labute approximate surface area is 191 Å². The van der Waals surface area contributed by atoms with E-state index >= 15 is 0 Å². The maximum Gasteiger partial charge on any atom is 0.244 e. The summed E-state index contributed by atoms with van der Waals surface area (Å²) in [5, 5.41) is 3.08. The number of nitrogens with one attached hydrogen (secondary N) is 1. The Morgan fingerprint density at radius 3 is 2.00 bits per heavy atom. The Morgan fingerprint density at radius 1 is 0.844 bits per heavy atom. The van der Waals surface area contributed by atoms with Crippen molar-refractivity contribution in [2.45, 2.75) is 39.8 Å². The van der Waals surface area contributed by atoms with Gasteiger partial charge in [0.1, 0.15) is 6.04 Å². The molecule has 6 heteroatoms. The van der Waals surface area contributed by atoms with Gasteiger partial charge in [-0.3, -0.25) is 9.10 Å². The van der Waals surface area contributed by atoms with E-state index in [4.69, 9.17) is 0 Å². The lowest BCUT2D eigenvalue weighted by Crippen LogP contribution is -2.49. The lowest BCUT2D eigenvalue weighted by Gasteiger charge is -2.31. The van der Waals surface area contributed by atoms with Gasteiger partial charge in [0.2, 0.25) is 15.9 Å². The molecular weight excluding hydrogens is 420 g/mol. The van der Waals surface area contributed by atoms with E-state index in [1.54, 1.807) is 13.0 Å². The van der Waals surface area contributed by atoms with Crippen molar-refractivity contribution in [1.29, 1.82) is 0 Å². The van der Waals surface area contributed by atoms with Gasteiger partial charge in [-0.05, 0) is 56.0 Å². The zero-order valence-corrected chi connectivity index (χ0v) is 20.0. The second-order valence-corrected chi connectivity index (χ2v) is 10.1. The van der Waals surface area contributed by atoms with Crippen LogP contribution in [0, 0.1) is 20.8 Å². The maximum atomic E-state index is 13.4. The number of benzene rings is 3. The van der Waals surface area contributed by atoms with E-state index in [1.807, 2.05) is 87.5 Å². The lowest BCUT2D eigenvalue weighted by molar-refractivity contribution is -0.122. The van der Waals surface area contributed by atoms with Crippen molar-refractivity contribution < 1.29 is 13.2 Å². The van der Waals surface area contributed by atoms with Crippen LogP contribution in [0.25, 0.3) is 0 Å². The van der Waals surface area contributed by atoms with Crippen molar-refractivity contribution in [3.05, 3.63) is 101 Å². The first-order chi connectivity index (χ1) is 15.1. The molecule has 3 aromatic rings. The molecule has 0 aromatic heterocycles. The topological polar surface area (TPSA) is 66.5 Å². The zero-order chi connectivity index (χ0) is 23.5. The van der Waals surface area contributed by atoms with Gasteiger partial charge in [0.05, 0.1) is 18.0 Å². The summed E-state index contributed by atoms with van der Waals surface area (Å²) in [6.45, 7) is 7.37. The summed E-state index contributed by atoms with van der Waals surface area (Å²) in [5.74, 6) is -0.370. The lowest BCUT2D eigenvalue weighted by atomic mass is 9.97. The van der Waals surface area contributed by atoms with Gasteiger partial charge < -0.3 is 5.32 Å². The summed E-state index contributed by atoms with van der Waals surface area (Å²) < 4.78 is 26.7. The third kappa shape index (κ3) is 5.37. The summed E-state index contributed by atoms with van der Waals surface area (Å²) in [5.41, 5.74) is 5.21. The highest BCUT2D eigenvalue weighted by Gasteiger charge is 2.31. The Bertz CT molecular complexity index is 1190. The number of anilines is 1. The monoisotopic (exact) mass is 450 g/mol. The highest BCUT2D eigenvalue weighted by molar-refractivity contribution is 7.92. The fraction of sp³-hybridized carbons (Fsp3) is 0.269. The third-order valence-electron chi connectivity index (χ3n) is 5.52. The van der Waals surface area contributed by atoms with Crippen LogP contribution >= 0.6 is 0 Å². The summed E-state index contributed by atoms with van der Waals surface area (Å²) in [6.07, 6.45) is 1.13. The smallest absolute Gasteiger partial charge is 0.244 e. The van der Waals surface area contributed by atoms with Gasteiger partial charge in [-0.25, -0.2) is 8.42 Å². The first kappa shape index (κ1) is 23.5. The van der Waals surface area contributed by atoms with E-state index in [1.165, 1.54) is 4.31 Å². The second kappa shape index (κ2) is 9.57. The van der Waals surface area contributed by atoms with Gasteiger partial charge in [0.15, 0.2) is 0 Å². The minimum absolute atomic E-state index is 0.370. The molecule has 0 fully saturated rings. The Morgan fingerprint density at radius 2 is 1.41 bits per heavy atom. The van der Waals surface area contributed by atoms with Crippen molar-refractivity contribution in [2.75, 3.05) is 10.6 Å². The van der Waals surface area contributed by atoms with Crippen LogP contribution in [0.5, 0.6) is 0 Å². The third-order valence-corrected chi connectivity index (χ3v) is 6.75. The number of aryl methyl sites for hydroxylation is 3. The molecule has 0 aliphatic heterocycles. The standard InChI is InChI=1S/C26H30N2O3S/c1-18-12-15-23(16-13-18)25(22-9-7-6-8-10-22)27-26(29)21(4)28(32(5,30)31)24-17-19(2)11-14-20(24)3/h6-17,21,25H,1-5H3,(H,27,29)/t21-,25+/m0/s1. The molecular formula is C26H30N2O3S. The Hall–Kier alpha value is -3.12. The van der Waals surface area contributed by atoms with Gasteiger partial charge in [0, 0.05) is 0 Å². The molecule has 168 valence electrons. The van der Waals surface area contributed by atoms with Crippen molar-refractivity contribution in [3.63, 3.8) is 0 Å². The number of nitrogens with zero attached hydrogens (tertiary/aromatic N) is 1. The molecule has 0 aliphatic carbocycles. The van der Waals surface area contributed by atoms with Crippen LogP contribution in [-0.2, 0) is 14.8 Å². The zero-order valence-electron chi connectivity index (χ0n) is 19.2. The van der Waals surface area contributed by atoms with Gasteiger partial charge in [-0.2, -0.15) is 0 Å². The van der Waals surface area contributed by atoms with Gasteiger partial charge in [-0.15, -0.1) is 0 Å². The SMILES string of the molecule is Cc1ccc([C@H](NC(=O)[C@H](C)N(c2cc(C)ccc2C)S(C)(=O)=O)c2ccccc2)cc1. The largest absolute Gasteiger partial charge is 0.343 e. The van der Waals surface area contributed by atoms with Gasteiger partial charge in [0.25, 0.3) is 0 Å². The highest BCUT2D eigenvalue weighted by atomic mass is 32.2. The molecule has 3 aromatic carbocycles. The molecule has 1 amide bonds. The highest BCUT2D eigenvalue weighted by Crippen LogP contribution is 2.28. The minimum Gasteiger partial charge on any atom is -0.343 e. The second-order valence-electron chi connectivity index (χ2n) is 8.29. The molecule has 1 N–H and O–H groups in total. The summed E-state index contributed by atoms with van der Waals surface area (Å²) in [6, 6.07) is 21.9. The van der Waals surface area contributed by atoms with Crippen molar-refractivity contribution >= 4 is 21.6 Å². The van der Waals surface area contributed by atoms with Crippen molar-refractivity contribution in [1.82, 2.24) is 5.32 Å². The molecule has 2 atom stereocenters. The summed E-state index contributed by atoms with van der Waals surface area (Å²) in [4.78, 5) is 13.4. The number of rotatable bonds is 7. The summed E-state index contributed by atoms with van der Waals surface area (Å²) >= 11 is 0. The molecule has 32 heavy (non-hydrogen) atoms.